The van der Waals surface area contributed by atoms with Gasteiger partial charge in [-0.25, -0.2) is 0 Å². The van der Waals surface area contributed by atoms with E-state index in [4.69, 9.17) is 0 Å². The minimum Gasteiger partial charge on any atom is -0.355 e. The molecule has 0 aromatic carbocycles. The maximum absolute atomic E-state index is 12.9. The molecule has 0 aliphatic heterocycles. The average molecular weight is 414 g/mol. The summed E-state index contributed by atoms with van der Waals surface area (Å²) in [5, 5.41) is 3.13. The van der Waals surface area contributed by atoms with Crippen LogP contribution in [0.1, 0.15) is 59.9 Å². The maximum Gasteiger partial charge on any atom is 0.225 e. The molecule has 0 saturated carbocycles. The van der Waals surface area contributed by atoms with Gasteiger partial charge in [0.15, 0.2) is 0 Å². The summed E-state index contributed by atoms with van der Waals surface area (Å²) in [5.41, 5.74) is 1.93. The number of hydrogen-bond acceptors (Lipinski definition) is 3. The zero-order chi connectivity index (χ0) is 22.5. The molecule has 1 aliphatic carbocycles. The Labute approximate surface area is 182 Å². The van der Waals surface area contributed by atoms with Gasteiger partial charge in [-0.3, -0.25) is 14.6 Å². The van der Waals surface area contributed by atoms with E-state index in [1.807, 2.05) is 40.0 Å². The Hall–Kier alpha value is -2.17. The maximum atomic E-state index is 12.9. The van der Waals surface area contributed by atoms with E-state index in [-0.39, 0.29) is 23.1 Å². The molecule has 2 rings (SSSR count). The first kappa shape index (κ1) is 24.1. The van der Waals surface area contributed by atoms with E-state index in [1.54, 1.807) is 17.3 Å². The first-order valence-electron chi connectivity index (χ1n) is 11.1. The van der Waals surface area contributed by atoms with Gasteiger partial charge in [0.2, 0.25) is 11.8 Å². The largest absolute Gasteiger partial charge is 0.355 e. The summed E-state index contributed by atoms with van der Waals surface area (Å²) in [5.74, 6) is 1.78. The Balaban J connectivity index is 2.02. The molecule has 0 spiro atoms. The third kappa shape index (κ3) is 6.68. The van der Waals surface area contributed by atoms with Gasteiger partial charge in [-0.05, 0) is 48.6 Å². The predicted octanol–water partition coefficient (Wildman–Crippen LogP) is 4.45. The van der Waals surface area contributed by atoms with Gasteiger partial charge in [-0.15, -0.1) is 0 Å². The van der Waals surface area contributed by atoms with Crippen molar-refractivity contribution in [3.8, 4) is 0 Å². The molecule has 1 aromatic heterocycles. The smallest absolute Gasteiger partial charge is 0.225 e. The molecular formula is C25H39N3O2. The van der Waals surface area contributed by atoms with Gasteiger partial charge in [0.25, 0.3) is 0 Å². The van der Waals surface area contributed by atoms with E-state index >= 15 is 0 Å². The van der Waals surface area contributed by atoms with Crippen LogP contribution in [0.5, 0.6) is 0 Å². The molecule has 166 valence electrons. The van der Waals surface area contributed by atoms with E-state index in [9.17, 15) is 9.59 Å². The molecule has 5 heteroatoms. The van der Waals surface area contributed by atoms with Crippen LogP contribution >= 0.6 is 0 Å². The summed E-state index contributed by atoms with van der Waals surface area (Å²) < 4.78 is 0. The molecule has 0 bridgehead atoms. The second kappa shape index (κ2) is 10.2. The third-order valence-electron chi connectivity index (χ3n) is 6.25. The van der Waals surface area contributed by atoms with Crippen LogP contribution in [0.15, 0.2) is 36.2 Å². The van der Waals surface area contributed by atoms with Crippen molar-refractivity contribution in [1.29, 1.82) is 0 Å². The van der Waals surface area contributed by atoms with Crippen molar-refractivity contribution < 1.29 is 9.59 Å². The fraction of sp³-hybridized carbons (Fsp3) is 0.640. The summed E-state index contributed by atoms with van der Waals surface area (Å²) in [6.45, 7) is 13.7. The minimum atomic E-state index is -0.380. The van der Waals surface area contributed by atoms with Crippen molar-refractivity contribution in [2.24, 2.45) is 29.1 Å². The Morgan fingerprint density at radius 1 is 1.30 bits per heavy atom. The molecule has 0 fully saturated rings. The summed E-state index contributed by atoms with van der Waals surface area (Å²) in [6, 6.07) is 3.89. The number of pyridine rings is 1. The van der Waals surface area contributed by atoms with E-state index < -0.39 is 0 Å². The highest BCUT2D eigenvalue weighted by molar-refractivity contribution is 5.81. The van der Waals surface area contributed by atoms with E-state index in [0.29, 0.717) is 37.3 Å². The highest BCUT2D eigenvalue weighted by Crippen LogP contribution is 2.39. The first-order valence-corrected chi connectivity index (χ1v) is 11.1. The van der Waals surface area contributed by atoms with Gasteiger partial charge in [-0.1, -0.05) is 52.3 Å². The minimum absolute atomic E-state index is 0.0883. The molecule has 1 aromatic rings. The van der Waals surface area contributed by atoms with Crippen LogP contribution in [0, 0.1) is 29.1 Å². The van der Waals surface area contributed by atoms with Gasteiger partial charge in [-0.2, -0.15) is 0 Å². The number of rotatable bonds is 7. The van der Waals surface area contributed by atoms with Gasteiger partial charge >= 0.3 is 0 Å². The van der Waals surface area contributed by atoms with Crippen molar-refractivity contribution in [2.45, 2.75) is 60.9 Å². The van der Waals surface area contributed by atoms with Crippen LogP contribution in [0.2, 0.25) is 0 Å². The van der Waals surface area contributed by atoms with Crippen LogP contribution < -0.4 is 5.32 Å². The number of carbonyl (C=O) groups is 2. The highest BCUT2D eigenvalue weighted by Gasteiger charge is 2.33. The number of amides is 2. The van der Waals surface area contributed by atoms with Gasteiger partial charge < -0.3 is 10.2 Å². The molecule has 1 aliphatic rings. The van der Waals surface area contributed by atoms with Crippen molar-refractivity contribution in [3.63, 3.8) is 0 Å². The lowest BCUT2D eigenvalue weighted by molar-refractivity contribution is -0.131. The normalized spacial score (nSPS) is 21.9. The van der Waals surface area contributed by atoms with Crippen molar-refractivity contribution in [2.75, 3.05) is 13.6 Å². The van der Waals surface area contributed by atoms with Crippen LogP contribution in [0.4, 0.5) is 0 Å². The first-order chi connectivity index (χ1) is 14.0. The monoisotopic (exact) mass is 413 g/mol. The van der Waals surface area contributed by atoms with Crippen LogP contribution in [-0.2, 0) is 16.1 Å². The summed E-state index contributed by atoms with van der Waals surface area (Å²) in [4.78, 5) is 31.1. The molecule has 1 N–H and O–H groups in total. The van der Waals surface area contributed by atoms with Gasteiger partial charge in [0.1, 0.15) is 0 Å². The quantitative estimate of drug-likeness (QED) is 0.672. The Bertz CT molecular complexity index is 749. The second-order valence-electron chi connectivity index (χ2n) is 10.2. The van der Waals surface area contributed by atoms with Gasteiger partial charge in [0.05, 0.1) is 0 Å². The van der Waals surface area contributed by atoms with E-state index in [1.165, 1.54) is 5.57 Å². The van der Waals surface area contributed by atoms with E-state index in [2.05, 4.69) is 37.1 Å². The second-order valence-corrected chi connectivity index (χ2v) is 10.2. The zero-order valence-electron chi connectivity index (χ0n) is 19.7. The van der Waals surface area contributed by atoms with Gasteiger partial charge in [0, 0.05) is 44.4 Å². The predicted molar refractivity (Wildman–Crippen MR) is 121 cm³/mol. The lowest BCUT2D eigenvalue weighted by Crippen LogP contribution is -2.41. The molecule has 30 heavy (non-hydrogen) atoms. The molecule has 0 saturated heterocycles. The average Bonchev–Trinajstić information content (AvgIpc) is 2.67. The highest BCUT2D eigenvalue weighted by atomic mass is 16.2. The number of nitrogens with one attached hydrogen (secondary N) is 1. The Kier molecular flexibility index (Phi) is 8.22. The van der Waals surface area contributed by atoms with Crippen molar-refractivity contribution >= 4 is 11.8 Å². The fourth-order valence-electron chi connectivity index (χ4n) is 4.20. The Morgan fingerprint density at radius 3 is 2.57 bits per heavy atom. The molecule has 5 nitrogen and oxygen atoms in total. The summed E-state index contributed by atoms with van der Waals surface area (Å²) in [7, 11) is 1.86. The zero-order valence-corrected chi connectivity index (χ0v) is 19.7. The number of aromatic nitrogens is 1. The topological polar surface area (TPSA) is 62.3 Å². The van der Waals surface area contributed by atoms with Crippen LogP contribution in [0.25, 0.3) is 0 Å². The SMILES string of the molecule is CC1=CC(CNC(=O)C(C)(C)C)C(C(C)C)CC1CC(=O)N(C)Cc1cccnc1. The molecule has 0 radical (unpaired) electrons. The van der Waals surface area contributed by atoms with Crippen molar-refractivity contribution in [1.82, 2.24) is 15.2 Å². The lowest BCUT2D eigenvalue weighted by atomic mass is 9.69. The summed E-state index contributed by atoms with van der Waals surface area (Å²) >= 11 is 0. The Morgan fingerprint density at radius 2 is 2.00 bits per heavy atom. The lowest BCUT2D eigenvalue weighted by Gasteiger charge is -2.38. The fourth-order valence-corrected chi connectivity index (χ4v) is 4.20. The third-order valence-corrected chi connectivity index (χ3v) is 6.25. The number of hydrogen-bond donors (Lipinski definition) is 1. The number of carbonyl (C=O) groups excluding carboxylic acids is 2. The van der Waals surface area contributed by atoms with Crippen LogP contribution in [0.3, 0.4) is 0 Å². The van der Waals surface area contributed by atoms with E-state index in [0.717, 1.165) is 12.0 Å². The molecule has 2 amide bonds. The van der Waals surface area contributed by atoms with Crippen molar-refractivity contribution in [3.05, 3.63) is 41.7 Å². The molecule has 1 heterocycles. The standard InChI is InChI=1S/C25H39N3O2/c1-17(2)22-12-20(13-23(29)28(7)16-19-9-8-10-26-14-19)18(3)11-21(22)15-27-24(30)25(4,5)6/h8-11,14,17,20-22H,12-13,15-16H2,1-7H3,(H,27,30). The summed E-state index contributed by atoms with van der Waals surface area (Å²) in [6.07, 6.45) is 7.37. The van der Waals surface area contributed by atoms with Crippen LogP contribution in [-0.4, -0.2) is 35.3 Å². The number of nitrogens with zero attached hydrogens (tertiary/aromatic N) is 2. The molecule has 3 unspecified atom stereocenters. The number of allylic oxidation sites excluding steroid dienone is 1. The molecular weight excluding hydrogens is 374 g/mol. The molecule has 3 atom stereocenters.